The number of benzene rings is 2. The Hall–Kier alpha value is -2.82. The zero-order valence-electron chi connectivity index (χ0n) is 13.4. The fraction of sp³-hybridized carbons (Fsp3) is 0.263. The van der Waals surface area contributed by atoms with Gasteiger partial charge in [-0.05, 0) is 29.8 Å². The van der Waals surface area contributed by atoms with Crippen molar-refractivity contribution in [2.75, 3.05) is 26.2 Å². The first-order valence-electron chi connectivity index (χ1n) is 8.03. The maximum absolute atomic E-state index is 12.4. The fourth-order valence-corrected chi connectivity index (χ4v) is 2.82. The van der Waals surface area contributed by atoms with Gasteiger partial charge in [-0.1, -0.05) is 30.3 Å². The van der Waals surface area contributed by atoms with E-state index in [9.17, 15) is 14.7 Å². The third kappa shape index (κ3) is 3.74. The quantitative estimate of drug-likeness (QED) is 0.938. The van der Waals surface area contributed by atoms with Gasteiger partial charge in [-0.3, -0.25) is 9.59 Å². The number of carbonyl (C=O) groups is 2. The Bertz CT molecular complexity index is 705. The molecule has 0 radical (unpaired) electrons. The van der Waals surface area contributed by atoms with Gasteiger partial charge in [0.2, 0.25) is 5.91 Å². The molecule has 0 atom stereocenters. The van der Waals surface area contributed by atoms with Gasteiger partial charge in [0.15, 0.2) is 0 Å². The molecule has 0 aromatic heterocycles. The van der Waals surface area contributed by atoms with Crippen molar-refractivity contribution in [1.82, 2.24) is 9.80 Å². The largest absolute Gasteiger partial charge is 0.508 e. The molecule has 1 fully saturated rings. The van der Waals surface area contributed by atoms with Gasteiger partial charge in [0, 0.05) is 31.7 Å². The van der Waals surface area contributed by atoms with Crippen LogP contribution in [0.15, 0.2) is 54.6 Å². The van der Waals surface area contributed by atoms with Crippen LogP contribution in [0.3, 0.4) is 0 Å². The van der Waals surface area contributed by atoms with Crippen LogP contribution in [0.2, 0.25) is 0 Å². The van der Waals surface area contributed by atoms with Crippen molar-refractivity contribution in [1.29, 1.82) is 0 Å². The van der Waals surface area contributed by atoms with Crippen molar-refractivity contribution >= 4 is 11.8 Å². The molecule has 1 heterocycles. The molecule has 124 valence electrons. The van der Waals surface area contributed by atoms with Crippen LogP contribution in [0.1, 0.15) is 15.9 Å². The molecular weight excluding hydrogens is 304 g/mol. The van der Waals surface area contributed by atoms with E-state index >= 15 is 0 Å². The minimum Gasteiger partial charge on any atom is -0.508 e. The van der Waals surface area contributed by atoms with Gasteiger partial charge in [-0.25, -0.2) is 0 Å². The van der Waals surface area contributed by atoms with Crippen molar-refractivity contribution in [3.63, 3.8) is 0 Å². The summed E-state index contributed by atoms with van der Waals surface area (Å²) in [5.74, 6) is 0.257. The Morgan fingerprint density at radius 3 is 2.04 bits per heavy atom. The zero-order chi connectivity index (χ0) is 16.9. The van der Waals surface area contributed by atoms with E-state index in [0.717, 1.165) is 5.56 Å². The van der Waals surface area contributed by atoms with Gasteiger partial charge in [0.25, 0.3) is 5.91 Å². The first-order valence-corrected chi connectivity index (χ1v) is 8.03. The van der Waals surface area contributed by atoms with E-state index < -0.39 is 0 Å². The molecule has 5 heteroatoms. The van der Waals surface area contributed by atoms with E-state index in [2.05, 4.69) is 0 Å². The van der Waals surface area contributed by atoms with Crippen LogP contribution >= 0.6 is 0 Å². The summed E-state index contributed by atoms with van der Waals surface area (Å²) in [5, 5.41) is 9.28. The molecule has 5 nitrogen and oxygen atoms in total. The number of carbonyl (C=O) groups excluding carboxylic acids is 2. The van der Waals surface area contributed by atoms with E-state index in [0.29, 0.717) is 38.2 Å². The van der Waals surface area contributed by atoms with Gasteiger partial charge in [-0.2, -0.15) is 0 Å². The minimum atomic E-state index is 0.0150. The Morgan fingerprint density at radius 2 is 1.42 bits per heavy atom. The summed E-state index contributed by atoms with van der Waals surface area (Å²) >= 11 is 0. The third-order valence-corrected chi connectivity index (χ3v) is 4.23. The molecule has 0 spiro atoms. The topological polar surface area (TPSA) is 60.9 Å². The van der Waals surface area contributed by atoms with E-state index in [4.69, 9.17) is 0 Å². The highest BCUT2D eigenvalue weighted by Crippen LogP contribution is 2.13. The number of nitrogens with zero attached hydrogens (tertiary/aromatic N) is 2. The summed E-state index contributed by atoms with van der Waals surface area (Å²) in [6, 6.07) is 15.9. The number of aromatic hydroxyl groups is 1. The van der Waals surface area contributed by atoms with Gasteiger partial charge in [-0.15, -0.1) is 0 Å². The van der Waals surface area contributed by atoms with Crippen molar-refractivity contribution < 1.29 is 14.7 Å². The van der Waals surface area contributed by atoms with Crippen LogP contribution < -0.4 is 0 Å². The number of hydrogen-bond donors (Lipinski definition) is 1. The van der Waals surface area contributed by atoms with E-state index in [1.807, 2.05) is 30.3 Å². The summed E-state index contributed by atoms with van der Waals surface area (Å²) < 4.78 is 0. The highest BCUT2D eigenvalue weighted by atomic mass is 16.3. The molecule has 2 aromatic rings. The summed E-state index contributed by atoms with van der Waals surface area (Å²) in [7, 11) is 0. The van der Waals surface area contributed by atoms with Crippen molar-refractivity contribution in [3.05, 3.63) is 65.7 Å². The van der Waals surface area contributed by atoms with Crippen LogP contribution in [0.4, 0.5) is 0 Å². The third-order valence-electron chi connectivity index (χ3n) is 4.23. The average Bonchev–Trinajstić information content (AvgIpc) is 2.64. The van der Waals surface area contributed by atoms with Crippen molar-refractivity contribution in [2.45, 2.75) is 6.42 Å². The number of phenols is 1. The summed E-state index contributed by atoms with van der Waals surface area (Å²) in [6.45, 7) is 2.20. The number of amides is 2. The Kier molecular flexibility index (Phi) is 4.79. The second-order valence-corrected chi connectivity index (χ2v) is 5.88. The number of piperazine rings is 1. The lowest BCUT2D eigenvalue weighted by atomic mass is 10.1. The summed E-state index contributed by atoms with van der Waals surface area (Å²) in [4.78, 5) is 28.3. The lowest BCUT2D eigenvalue weighted by molar-refractivity contribution is -0.131. The standard InChI is InChI=1S/C19H20N2O3/c22-17-8-6-15(7-9-17)14-18(23)20-10-12-21(13-11-20)19(24)16-4-2-1-3-5-16/h1-9,22H,10-14H2. The molecule has 1 aliphatic heterocycles. The van der Waals surface area contributed by atoms with Crippen LogP contribution in [0.25, 0.3) is 0 Å². The van der Waals surface area contributed by atoms with Gasteiger partial charge < -0.3 is 14.9 Å². The van der Waals surface area contributed by atoms with Gasteiger partial charge >= 0.3 is 0 Å². The van der Waals surface area contributed by atoms with Gasteiger partial charge in [0.05, 0.1) is 6.42 Å². The van der Waals surface area contributed by atoms with Crippen molar-refractivity contribution in [2.24, 2.45) is 0 Å². The van der Waals surface area contributed by atoms with Crippen molar-refractivity contribution in [3.8, 4) is 5.75 Å². The maximum Gasteiger partial charge on any atom is 0.253 e. The smallest absolute Gasteiger partial charge is 0.253 e. The molecule has 1 aliphatic rings. The minimum absolute atomic E-state index is 0.0150. The molecule has 2 amide bonds. The van der Waals surface area contributed by atoms with Gasteiger partial charge in [0.1, 0.15) is 5.75 Å². The molecule has 1 saturated heterocycles. The maximum atomic E-state index is 12.4. The highest BCUT2D eigenvalue weighted by molar-refractivity contribution is 5.94. The molecule has 1 N–H and O–H groups in total. The van der Waals surface area contributed by atoms with Crippen LogP contribution in [0.5, 0.6) is 5.75 Å². The monoisotopic (exact) mass is 324 g/mol. The predicted molar refractivity (Wildman–Crippen MR) is 90.7 cm³/mol. The van der Waals surface area contributed by atoms with Crippen LogP contribution in [-0.4, -0.2) is 52.9 Å². The average molecular weight is 324 g/mol. The lowest BCUT2D eigenvalue weighted by Crippen LogP contribution is -2.51. The molecule has 0 unspecified atom stereocenters. The molecule has 3 rings (SSSR count). The number of phenolic OH excluding ortho intramolecular Hbond substituents is 1. The summed E-state index contributed by atoms with van der Waals surface area (Å²) in [6.07, 6.45) is 0.312. The molecule has 0 aliphatic carbocycles. The first kappa shape index (κ1) is 16.1. The van der Waals surface area contributed by atoms with E-state index in [1.165, 1.54) is 0 Å². The number of hydrogen-bond acceptors (Lipinski definition) is 3. The van der Waals surface area contributed by atoms with E-state index in [-0.39, 0.29) is 17.6 Å². The second kappa shape index (κ2) is 7.17. The Morgan fingerprint density at radius 1 is 0.833 bits per heavy atom. The predicted octanol–water partition coefficient (Wildman–Crippen LogP) is 1.92. The normalized spacial score (nSPS) is 14.5. The molecule has 24 heavy (non-hydrogen) atoms. The van der Waals surface area contributed by atoms with E-state index in [1.54, 1.807) is 34.1 Å². The highest BCUT2D eigenvalue weighted by Gasteiger charge is 2.24. The SMILES string of the molecule is O=C(Cc1ccc(O)cc1)N1CCN(C(=O)c2ccccc2)CC1. The van der Waals surface area contributed by atoms with Crippen LogP contribution in [-0.2, 0) is 11.2 Å². The Labute approximate surface area is 141 Å². The Balaban J connectivity index is 1.54. The molecule has 2 aromatic carbocycles. The second-order valence-electron chi connectivity index (χ2n) is 5.88. The zero-order valence-corrected chi connectivity index (χ0v) is 13.4. The van der Waals surface area contributed by atoms with Crippen LogP contribution in [0, 0.1) is 0 Å². The molecule has 0 bridgehead atoms. The summed E-state index contributed by atoms with van der Waals surface area (Å²) in [5.41, 5.74) is 1.56. The lowest BCUT2D eigenvalue weighted by Gasteiger charge is -2.35. The fourth-order valence-electron chi connectivity index (χ4n) is 2.82. The number of rotatable bonds is 3. The molecule has 0 saturated carbocycles. The first-order chi connectivity index (χ1) is 11.6. The molecular formula is C19H20N2O3.